The van der Waals surface area contributed by atoms with E-state index in [1.165, 1.54) is 24.8 Å². The maximum atomic E-state index is 4.04. The van der Waals surface area contributed by atoms with Gasteiger partial charge in [0.1, 0.15) is 0 Å². The van der Waals surface area contributed by atoms with E-state index in [1.807, 2.05) is 12.4 Å². The lowest BCUT2D eigenvalue weighted by atomic mass is 9.81. The van der Waals surface area contributed by atoms with Crippen LogP contribution in [0.1, 0.15) is 45.6 Å². The number of hydrogen-bond donors (Lipinski definition) is 0. The molecule has 1 aromatic heterocycles. The molecule has 0 unspecified atom stereocenters. The summed E-state index contributed by atoms with van der Waals surface area (Å²) in [6.45, 7) is 6.95. The molecule has 0 atom stereocenters. The van der Waals surface area contributed by atoms with Gasteiger partial charge in [0.25, 0.3) is 0 Å². The van der Waals surface area contributed by atoms with Crippen LogP contribution >= 0.6 is 0 Å². The number of aromatic nitrogens is 1. The Balaban J connectivity index is 2.50. The van der Waals surface area contributed by atoms with Gasteiger partial charge in [-0.3, -0.25) is 4.98 Å². The van der Waals surface area contributed by atoms with Gasteiger partial charge in [-0.2, -0.15) is 0 Å². The van der Waals surface area contributed by atoms with Crippen LogP contribution in [0.25, 0.3) is 0 Å². The minimum atomic E-state index is 0.428. The second-order valence-electron chi connectivity index (χ2n) is 4.80. The molecule has 0 aliphatic heterocycles. The van der Waals surface area contributed by atoms with Crippen LogP contribution in [0.15, 0.2) is 24.5 Å². The summed E-state index contributed by atoms with van der Waals surface area (Å²) in [4.78, 5) is 4.04. The molecule has 14 heavy (non-hydrogen) atoms. The van der Waals surface area contributed by atoms with Crippen molar-refractivity contribution < 1.29 is 0 Å². The smallest absolute Gasteiger partial charge is 0.0270 e. The van der Waals surface area contributed by atoms with Crippen LogP contribution in [0.3, 0.4) is 0 Å². The lowest BCUT2D eigenvalue weighted by molar-refractivity contribution is 0.321. The molecule has 0 amide bonds. The third kappa shape index (κ3) is 3.91. The van der Waals surface area contributed by atoms with E-state index < -0.39 is 0 Å². The van der Waals surface area contributed by atoms with Crippen molar-refractivity contribution in [1.29, 1.82) is 0 Å². The summed E-state index contributed by atoms with van der Waals surface area (Å²) < 4.78 is 0. The van der Waals surface area contributed by atoms with Crippen molar-refractivity contribution in [3.8, 4) is 0 Å². The van der Waals surface area contributed by atoms with Gasteiger partial charge in [-0.1, -0.05) is 33.6 Å². The molecule has 0 bridgehead atoms. The Morgan fingerprint density at radius 2 is 1.86 bits per heavy atom. The van der Waals surface area contributed by atoms with Gasteiger partial charge in [0.2, 0.25) is 0 Å². The van der Waals surface area contributed by atoms with Crippen molar-refractivity contribution in [2.75, 3.05) is 0 Å². The molecule has 0 aliphatic carbocycles. The SMILES string of the molecule is CCCCC(C)(C)Cc1ccncc1. The summed E-state index contributed by atoms with van der Waals surface area (Å²) in [6.07, 6.45) is 8.86. The summed E-state index contributed by atoms with van der Waals surface area (Å²) in [5, 5.41) is 0. The van der Waals surface area contributed by atoms with Crippen molar-refractivity contribution in [2.45, 2.75) is 46.5 Å². The molecule has 1 nitrogen and oxygen atoms in total. The molecule has 0 aliphatic rings. The Morgan fingerprint density at radius 3 is 2.43 bits per heavy atom. The Kier molecular flexibility index (Phi) is 4.12. The van der Waals surface area contributed by atoms with Crippen LogP contribution in [-0.4, -0.2) is 4.98 Å². The molecular weight excluding hydrogens is 170 g/mol. The normalized spacial score (nSPS) is 11.6. The molecule has 1 aromatic rings. The van der Waals surface area contributed by atoms with Gasteiger partial charge in [-0.05, 0) is 36.0 Å². The van der Waals surface area contributed by atoms with Crippen LogP contribution in [0.4, 0.5) is 0 Å². The molecule has 0 radical (unpaired) electrons. The Morgan fingerprint density at radius 1 is 1.21 bits per heavy atom. The summed E-state index contributed by atoms with van der Waals surface area (Å²) >= 11 is 0. The minimum Gasteiger partial charge on any atom is -0.265 e. The van der Waals surface area contributed by atoms with E-state index in [9.17, 15) is 0 Å². The zero-order valence-electron chi connectivity index (χ0n) is 9.59. The summed E-state index contributed by atoms with van der Waals surface area (Å²) in [5.74, 6) is 0. The number of rotatable bonds is 5. The first-order chi connectivity index (χ1) is 6.64. The summed E-state index contributed by atoms with van der Waals surface area (Å²) in [5.41, 5.74) is 1.83. The third-order valence-corrected chi connectivity index (χ3v) is 2.64. The van der Waals surface area contributed by atoms with E-state index in [2.05, 4.69) is 37.9 Å². The van der Waals surface area contributed by atoms with Gasteiger partial charge in [0.15, 0.2) is 0 Å². The monoisotopic (exact) mass is 191 g/mol. The third-order valence-electron chi connectivity index (χ3n) is 2.64. The quantitative estimate of drug-likeness (QED) is 0.689. The van der Waals surface area contributed by atoms with Crippen molar-refractivity contribution in [3.05, 3.63) is 30.1 Å². The number of hydrogen-bond acceptors (Lipinski definition) is 1. The van der Waals surface area contributed by atoms with Gasteiger partial charge in [0, 0.05) is 12.4 Å². The maximum absolute atomic E-state index is 4.04. The molecule has 0 spiro atoms. The molecule has 1 heterocycles. The highest BCUT2D eigenvalue weighted by molar-refractivity contribution is 5.11. The van der Waals surface area contributed by atoms with Crippen molar-refractivity contribution in [2.24, 2.45) is 5.41 Å². The standard InChI is InChI=1S/C13H21N/c1-4-5-8-13(2,3)11-12-6-9-14-10-7-12/h6-7,9-10H,4-5,8,11H2,1-3H3. The molecule has 0 saturated heterocycles. The molecule has 78 valence electrons. The van der Waals surface area contributed by atoms with Crippen LogP contribution in [0, 0.1) is 5.41 Å². The molecule has 0 aromatic carbocycles. The second-order valence-corrected chi connectivity index (χ2v) is 4.80. The molecule has 0 N–H and O–H groups in total. The van der Waals surface area contributed by atoms with E-state index >= 15 is 0 Å². The molecular formula is C13H21N. The number of pyridine rings is 1. The van der Waals surface area contributed by atoms with Crippen molar-refractivity contribution in [3.63, 3.8) is 0 Å². The highest BCUT2D eigenvalue weighted by atomic mass is 14.6. The predicted octanol–water partition coefficient (Wildman–Crippen LogP) is 3.84. The van der Waals surface area contributed by atoms with E-state index in [0.29, 0.717) is 5.41 Å². The first-order valence-electron chi connectivity index (χ1n) is 5.53. The second kappa shape index (κ2) is 5.14. The predicted molar refractivity (Wildman–Crippen MR) is 61.2 cm³/mol. The van der Waals surface area contributed by atoms with Crippen LogP contribution < -0.4 is 0 Å². The number of unbranched alkanes of at least 4 members (excludes halogenated alkanes) is 1. The first-order valence-corrected chi connectivity index (χ1v) is 5.53. The van der Waals surface area contributed by atoms with E-state index in [1.54, 1.807) is 0 Å². The average molecular weight is 191 g/mol. The largest absolute Gasteiger partial charge is 0.265 e. The van der Waals surface area contributed by atoms with E-state index in [4.69, 9.17) is 0 Å². The van der Waals surface area contributed by atoms with Crippen LogP contribution in [0.2, 0.25) is 0 Å². The van der Waals surface area contributed by atoms with Gasteiger partial charge in [0.05, 0.1) is 0 Å². The Hall–Kier alpha value is -0.850. The molecule has 1 rings (SSSR count). The summed E-state index contributed by atoms with van der Waals surface area (Å²) in [7, 11) is 0. The fraction of sp³-hybridized carbons (Fsp3) is 0.615. The lowest BCUT2D eigenvalue weighted by Crippen LogP contribution is -2.14. The maximum Gasteiger partial charge on any atom is 0.0270 e. The first kappa shape index (κ1) is 11.2. The topological polar surface area (TPSA) is 12.9 Å². The van der Waals surface area contributed by atoms with Gasteiger partial charge >= 0.3 is 0 Å². The van der Waals surface area contributed by atoms with Crippen LogP contribution in [-0.2, 0) is 6.42 Å². The molecule has 0 fully saturated rings. The van der Waals surface area contributed by atoms with Gasteiger partial charge in [-0.15, -0.1) is 0 Å². The number of nitrogens with zero attached hydrogens (tertiary/aromatic N) is 1. The van der Waals surface area contributed by atoms with E-state index in [0.717, 1.165) is 6.42 Å². The van der Waals surface area contributed by atoms with Gasteiger partial charge < -0.3 is 0 Å². The highest BCUT2D eigenvalue weighted by Gasteiger charge is 2.17. The average Bonchev–Trinajstić information content (AvgIpc) is 2.16. The van der Waals surface area contributed by atoms with Crippen molar-refractivity contribution in [1.82, 2.24) is 4.98 Å². The Labute approximate surface area is 87.6 Å². The molecule has 0 saturated carbocycles. The van der Waals surface area contributed by atoms with Gasteiger partial charge in [-0.25, -0.2) is 0 Å². The zero-order chi connectivity index (χ0) is 10.4. The Bertz CT molecular complexity index is 251. The fourth-order valence-electron chi connectivity index (χ4n) is 1.80. The minimum absolute atomic E-state index is 0.428. The highest BCUT2D eigenvalue weighted by Crippen LogP contribution is 2.27. The van der Waals surface area contributed by atoms with Crippen molar-refractivity contribution >= 4 is 0 Å². The van der Waals surface area contributed by atoms with E-state index in [-0.39, 0.29) is 0 Å². The summed E-state index contributed by atoms with van der Waals surface area (Å²) in [6, 6.07) is 4.24. The van der Waals surface area contributed by atoms with Crippen LogP contribution in [0.5, 0.6) is 0 Å². The lowest BCUT2D eigenvalue weighted by Gasteiger charge is -2.24. The zero-order valence-corrected chi connectivity index (χ0v) is 9.59. The fourth-order valence-corrected chi connectivity index (χ4v) is 1.80. The molecule has 1 heteroatoms.